The van der Waals surface area contributed by atoms with Gasteiger partial charge in [0.25, 0.3) is 0 Å². The van der Waals surface area contributed by atoms with Crippen molar-refractivity contribution < 1.29 is 14.6 Å². The fourth-order valence-electron chi connectivity index (χ4n) is 2.72. The van der Waals surface area contributed by atoms with Crippen LogP contribution in [0.1, 0.15) is 42.5 Å². The Balaban J connectivity index is 2.72. The Morgan fingerprint density at radius 1 is 1.27 bits per heavy atom. The number of hydrogen-bond donors (Lipinski definition) is 0. The molecule has 5 heteroatoms. The number of carboxylic acids is 1. The van der Waals surface area contributed by atoms with Crippen molar-refractivity contribution in [1.29, 1.82) is 0 Å². The first-order chi connectivity index (χ1) is 10.2. The second-order valence-electron chi connectivity index (χ2n) is 6.33. The quantitative estimate of drug-likeness (QED) is 0.872. The van der Waals surface area contributed by atoms with Gasteiger partial charge in [0.15, 0.2) is 0 Å². The molecule has 0 atom stereocenters. The molecule has 0 bridgehead atoms. The third-order valence-corrected chi connectivity index (χ3v) is 3.64. The van der Waals surface area contributed by atoms with E-state index in [1.165, 1.54) is 13.2 Å². The van der Waals surface area contributed by atoms with Crippen LogP contribution >= 0.6 is 0 Å². The predicted molar refractivity (Wildman–Crippen MR) is 83.0 cm³/mol. The van der Waals surface area contributed by atoms with E-state index in [0.717, 1.165) is 17.0 Å². The highest BCUT2D eigenvalue weighted by atomic mass is 16.5. The first-order valence-corrected chi connectivity index (χ1v) is 7.13. The van der Waals surface area contributed by atoms with Gasteiger partial charge in [-0.2, -0.15) is 5.10 Å². The van der Waals surface area contributed by atoms with Gasteiger partial charge in [0.2, 0.25) is 0 Å². The molecule has 0 aliphatic rings. The SMILES string of the molecule is COc1ccc(-c2c(C)nn(C(C)(C)C)c2C)c(C(=O)[O-])c1. The Bertz CT molecular complexity index is 724. The van der Waals surface area contributed by atoms with E-state index in [9.17, 15) is 9.90 Å². The minimum absolute atomic E-state index is 0.110. The van der Waals surface area contributed by atoms with Gasteiger partial charge in [0.1, 0.15) is 5.75 Å². The maximum Gasteiger partial charge on any atom is 0.119 e. The smallest absolute Gasteiger partial charge is 0.119 e. The second kappa shape index (κ2) is 5.48. The van der Waals surface area contributed by atoms with E-state index < -0.39 is 5.97 Å². The van der Waals surface area contributed by atoms with Gasteiger partial charge < -0.3 is 14.6 Å². The van der Waals surface area contributed by atoms with Gasteiger partial charge >= 0.3 is 0 Å². The normalized spacial score (nSPS) is 11.5. The van der Waals surface area contributed by atoms with Gasteiger partial charge in [-0.05, 0) is 58.4 Å². The van der Waals surface area contributed by atoms with Gasteiger partial charge in [0.05, 0.1) is 24.3 Å². The molecule has 2 rings (SSSR count). The summed E-state index contributed by atoms with van der Waals surface area (Å²) in [5, 5.41) is 16.1. The third-order valence-electron chi connectivity index (χ3n) is 3.64. The van der Waals surface area contributed by atoms with Crippen LogP contribution in [-0.2, 0) is 5.54 Å². The molecule has 0 radical (unpaired) electrons. The molecule has 0 saturated carbocycles. The number of aryl methyl sites for hydroxylation is 1. The maximum atomic E-state index is 11.5. The molecule has 0 spiro atoms. The van der Waals surface area contributed by atoms with E-state index >= 15 is 0 Å². The summed E-state index contributed by atoms with van der Waals surface area (Å²) in [6.07, 6.45) is 0. The zero-order valence-electron chi connectivity index (χ0n) is 13.9. The van der Waals surface area contributed by atoms with Crippen LogP contribution in [0.3, 0.4) is 0 Å². The van der Waals surface area contributed by atoms with Crippen molar-refractivity contribution in [3.8, 4) is 16.9 Å². The van der Waals surface area contributed by atoms with Crippen LogP contribution in [0.4, 0.5) is 0 Å². The highest BCUT2D eigenvalue weighted by molar-refractivity contribution is 5.96. The molecule has 0 unspecified atom stereocenters. The van der Waals surface area contributed by atoms with Gasteiger partial charge in [-0.3, -0.25) is 4.68 Å². The van der Waals surface area contributed by atoms with E-state index in [1.54, 1.807) is 12.1 Å². The summed E-state index contributed by atoms with van der Waals surface area (Å²) in [7, 11) is 1.50. The second-order valence-corrected chi connectivity index (χ2v) is 6.33. The zero-order valence-corrected chi connectivity index (χ0v) is 13.9. The van der Waals surface area contributed by atoms with Crippen molar-refractivity contribution in [1.82, 2.24) is 9.78 Å². The Kier molecular flexibility index (Phi) is 4.00. The summed E-state index contributed by atoms with van der Waals surface area (Å²) < 4.78 is 7.02. The molecule has 22 heavy (non-hydrogen) atoms. The lowest BCUT2D eigenvalue weighted by molar-refractivity contribution is -0.254. The average Bonchev–Trinajstić information content (AvgIpc) is 2.73. The van der Waals surface area contributed by atoms with Crippen molar-refractivity contribution in [2.24, 2.45) is 0 Å². The number of nitrogens with zero attached hydrogens (tertiary/aromatic N) is 2. The summed E-state index contributed by atoms with van der Waals surface area (Å²) in [5.74, 6) is -0.738. The van der Waals surface area contributed by atoms with E-state index in [0.29, 0.717) is 11.3 Å². The Hall–Kier alpha value is -2.30. The predicted octanol–water partition coefficient (Wildman–Crippen LogP) is 2.29. The standard InChI is InChI=1S/C17H22N2O3/c1-10-15(11(2)19(18-10)17(3,4)5)13-8-7-12(22-6)9-14(13)16(20)21/h7-9H,1-6H3,(H,20,21)/p-1. The van der Waals surface area contributed by atoms with Crippen molar-refractivity contribution in [3.05, 3.63) is 35.2 Å². The molecule has 0 aliphatic heterocycles. The minimum atomic E-state index is -1.23. The first kappa shape index (κ1) is 16.1. The van der Waals surface area contributed by atoms with Gasteiger partial charge in [-0.15, -0.1) is 0 Å². The number of benzene rings is 1. The lowest BCUT2D eigenvalue weighted by Gasteiger charge is -2.21. The largest absolute Gasteiger partial charge is 0.545 e. The average molecular weight is 301 g/mol. The topological polar surface area (TPSA) is 67.2 Å². The number of hydrogen-bond acceptors (Lipinski definition) is 4. The van der Waals surface area contributed by atoms with Crippen LogP contribution in [-0.4, -0.2) is 22.9 Å². The highest BCUT2D eigenvalue weighted by Gasteiger charge is 2.23. The fraction of sp³-hybridized carbons (Fsp3) is 0.412. The molecule has 1 aromatic heterocycles. The van der Waals surface area contributed by atoms with Crippen molar-refractivity contribution in [2.75, 3.05) is 7.11 Å². The van der Waals surface area contributed by atoms with Gasteiger partial charge in [-0.25, -0.2) is 0 Å². The number of ether oxygens (including phenoxy) is 1. The van der Waals surface area contributed by atoms with Crippen LogP contribution in [0.25, 0.3) is 11.1 Å². The third kappa shape index (κ3) is 2.71. The Labute approximate surface area is 130 Å². The molecule has 1 aromatic carbocycles. The first-order valence-electron chi connectivity index (χ1n) is 7.13. The van der Waals surface area contributed by atoms with E-state index in [-0.39, 0.29) is 11.1 Å². The lowest BCUT2D eigenvalue weighted by atomic mass is 9.97. The molecule has 0 N–H and O–H groups in total. The Morgan fingerprint density at radius 3 is 2.36 bits per heavy atom. The number of aromatic carboxylic acids is 1. The monoisotopic (exact) mass is 301 g/mol. The molecule has 1 heterocycles. The number of methoxy groups -OCH3 is 1. The van der Waals surface area contributed by atoms with Crippen LogP contribution in [0, 0.1) is 13.8 Å². The molecule has 118 valence electrons. The molecule has 0 saturated heterocycles. The summed E-state index contributed by atoms with van der Waals surface area (Å²) in [5.41, 5.74) is 3.08. The minimum Gasteiger partial charge on any atom is -0.545 e. The lowest BCUT2D eigenvalue weighted by Crippen LogP contribution is -2.24. The highest BCUT2D eigenvalue weighted by Crippen LogP contribution is 2.33. The van der Waals surface area contributed by atoms with Crippen LogP contribution in [0.5, 0.6) is 5.75 Å². The molecule has 2 aromatic rings. The summed E-state index contributed by atoms with van der Waals surface area (Å²) >= 11 is 0. The summed E-state index contributed by atoms with van der Waals surface area (Å²) in [4.78, 5) is 11.5. The fourth-order valence-corrected chi connectivity index (χ4v) is 2.72. The molecular formula is C17H21N2O3-. The van der Waals surface area contributed by atoms with E-state index in [4.69, 9.17) is 4.74 Å². The Morgan fingerprint density at radius 2 is 1.91 bits per heavy atom. The van der Waals surface area contributed by atoms with Crippen molar-refractivity contribution >= 4 is 5.97 Å². The number of aromatic nitrogens is 2. The zero-order chi connectivity index (χ0) is 16.7. The molecule has 0 aliphatic carbocycles. The van der Waals surface area contributed by atoms with Crippen molar-refractivity contribution in [3.63, 3.8) is 0 Å². The van der Waals surface area contributed by atoms with Gasteiger partial charge in [0, 0.05) is 16.8 Å². The van der Waals surface area contributed by atoms with Crippen LogP contribution in [0.15, 0.2) is 18.2 Å². The van der Waals surface area contributed by atoms with E-state index in [1.807, 2.05) is 18.5 Å². The summed E-state index contributed by atoms with van der Waals surface area (Å²) in [6, 6.07) is 4.97. The molecule has 0 fully saturated rings. The van der Waals surface area contributed by atoms with Crippen LogP contribution in [0.2, 0.25) is 0 Å². The van der Waals surface area contributed by atoms with Crippen molar-refractivity contribution in [2.45, 2.75) is 40.2 Å². The molecule has 5 nitrogen and oxygen atoms in total. The number of carbonyl (C=O) groups excluding carboxylic acids is 1. The molecule has 0 amide bonds. The summed E-state index contributed by atoms with van der Waals surface area (Å²) in [6.45, 7) is 10.0. The number of carbonyl (C=O) groups is 1. The number of rotatable bonds is 3. The maximum absolute atomic E-state index is 11.5. The number of carboxylic acid groups (broad SMARTS) is 1. The van der Waals surface area contributed by atoms with Crippen LogP contribution < -0.4 is 9.84 Å². The molecular weight excluding hydrogens is 280 g/mol. The van der Waals surface area contributed by atoms with Gasteiger partial charge in [-0.1, -0.05) is 0 Å². The van der Waals surface area contributed by atoms with E-state index in [2.05, 4.69) is 25.9 Å².